The molecule has 2 aromatic carbocycles. The van der Waals surface area contributed by atoms with Crippen LogP contribution in [0.4, 0.5) is 0 Å². The fourth-order valence-electron chi connectivity index (χ4n) is 2.14. The molecule has 0 bridgehead atoms. The maximum absolute atomic E-state index is 12.2. The Morgan fingerprint density at radius 2 is 1.88 bits per heavy atom. The largest absolute Gasteiger partial charge is 0.481 e. The molecule has 2 rings (SSSR count). The second-order valence-corrected chi connectivity index (χ2v) is 6.22. The van der Waals surface area contributed by atoms with E-state index in [0.29, 0.717) is 5.75 Å². The minimum atomic E-state index is -1.08. The van der Waals surface area contributed by atoms with Gasteiger partial charge in [-0.15, -0.1) is 0 Å². The van der Waals surface area contributed by atoms with Gasteiger partial charge in [-0.25, -0.2) is 4.79 Å². The van der Waals surface area contributed by atoms with Crippen LogP contribution >= 0.6 is 15.9 Å². The molecule has 0 aromatic heterocycles. The number of hydrogen-bond donors (Lipinski definition) is 2. The van der Waals surface area contributed by atoms with Crippen LogP contribution in [0.15, 0.2) is 59.1 Å². The first-order chi connectivity index (χ1) is 11.5. The summed E-state index contributed by atoms with van der Waals surface area (Å²) in [6.07, 6.45) is -0.595. The predicted molar refractivity (Wildman–Crippen MR) is 93.9 cm³/mol. The number of amides is 1. The Balaban J connectivity index is 1.98. The number of hydrogen-bond acceptors (Lipinski definition) is 3. The van der Waals surface area contributed by atoms with Gasteiger partial charge in [0.05, 0.1) is 0 Å². The maximum Gasteiger partial charge on any atom is 0.326 e. The third-order valence-electron chi connectivity index (χ3n) is 3.38. The standard InChI is InChI=1S/C18H18BrNO4/c1-12(24-15-9-5-8-14(19)11-15)17(21)20-16(18(22)23)10-13-6-3-2-4-7-13/h2-9,11-12,16H,10H2,1H3,(H,20,21)(H,22,23). The molecular weight excluding hydrogens is 374 g/mol. The lowest BCUT2D eigenvalue weighted by atomic mass is 10.1. The third kappa shape index (κ3) is 5.38. The molecule has 0 saturated heterocycles. The van der Waals surface area contributed by atoms with Crippen LogP contribution in [0, 0.1) is 0 Å². The van der Waals surface area contributed by atoms with Gasteiger partial charge >= 0.3 is 5.97 Å². The number of benzene rings is 2. The van der Waals surface area contributed by atoms with E-state index in [9.17, 15) is 14.7 Å². The molecule has 126 valence electrons. The van der Waals surface area contributed by atoms with Crippen LogP contribution in [0.3, 0.4) is 0 Å². The van der Waals surface area contributed by atoms with Gasteiger partial charge in [0.2, 0.25) is 0 Å². The van der Waals surface area contributed by atoms with Crippen LogP contribution < -0.4 is 10.1 Å². The molecule has 1 amide bonds. The van der Waals surface area contributed by atoms with Crippen molar-refractivity contribution in [1.29, 1.82) is 0 Å². The number of carbonyl (C=O) groups is 2. The molecule has 2 unspecified atom stereocenters. The minimum absolute atomic E-state index is 0.214. The van der Waals surface area contributed by atoms with Crippen molar-refractivity contribution in [3.63, 3.8) is 0 Å². The smallest absolute Gasteiger partial charge is 0.326 e. The average molecular weight is 392 g/mol. The predicted octanol–water partition coefficient (Wildman–Crippen LogP) is 3.03. The summed E-state index contributed by atoms with van der Waals surface area (Å²) in [6.45, 7) is 1.58. The van der Waals surface area contributed by atoms with Gasteiger partial charge in [0, 0.05) is 10.9 Å². The first-order valence-corrected chi connectivity index (χ1v) is 8.24. The molecule has 24 heavy (non-hydrogen) atoms. The number of aliphatic carboxylic acids is 1. The van der Waals surface area contributed by atoms with Crippen molar-refractivity contribution in [1.82, 2.24) is 5.32 Å². The Labute approximate surface area is 148 Å². The number of carboxylic acids is 1. The molecule has 0 aliphatic carbocycles. The van der Waals surface area contributed by atoms with Crippen LogP contribution in [0.1, 0.15) is 12.5 Å². The highest BCUT2D eigenvalue weighted by atomic mass is 79.9. The SMILES string of the molecule is CC(Oc1cccc(Br)c1)C(=O)NC(Cc1ccccc1)C(=O)O. The van der Waals surface area contributed by atoms with Gasteiger partial charge in [0.1, 0.15) is 11.8 Å². The zero-order valence-electron chi connectivity index (χ0n) is 13.1. The number of nitrogens with one attached hydrogen (secondary N) is 1. The Morgan fingerprint density at radius 1 is 1.17 bits per heavy atom. The lowest BCUT2D eigenvalue weighted by molar-refractivity contribution is -0.142. The molecule has 0 heterocycles. The molecule has 0 aliphatic rings. The fraction of sp³-hybridized carbons (Fsp3) is 0.222. The summed E-state index contributed by atoms with van der Waals surface area (Å²) in [5.74, 6) is -1.03. The Hall–Kier alpha value is -2.34. The van der Waals surface area contributed by atoms with E-state index in [1.807, 2.05) is 36.4 Å². The molecule has 2 atom stereocenters. The highest BCUT2D eigenvalue weighted by Crippen LogP contribution is 2.19. The second kappa shape index (κ2) is 8.49. The lowest BCUT2D eigenvalue weighted by Crippen LogP contribution is -2.47. The molecule has 0 saturated carbocycles. The summed E-state index contributed by atoms with van der Waals surface area (Å²) < 4.78 is 6.39. The van der Waals surface area contributed by atoms with E-state index in [1.165, 1.54) is 0 Å². The minimum Gasteiger partial charge on any atom is -0.481 e. The molecule has 6 heteroatoms. The van der Waals surface area contributed by atoms with Crippen LogP contribution in [0.5, 0.6) is 5.75 Å². The van der Waals surface area contributed by atoms with Gasteiger partial charge in [-0.2, -0.15) is 0 Å². The van der Waals surface area contributed by atoms with Gasteiger partial charge in [0.25, 0.3) is 5.91 Å². The molecule has 0 fully saturated rings. The Morgan fingerprint density at radius 3 is 2.50 bits per heavy atom. The van der Waals surface area contributed by atoms with Crippen molar-refractivity contribution in [2.24, 2.45) is 0 Å². The average Bonchev–Trinajstić information content (AvgIpc) is 2.55. The van der Waals surface area contributed by atoms with Crippen LogP contribution in [-0.2, 0) is 16.0 Å². The van der Waals surface area contributed by atoms with E-state index in [1.54, 1.807) is 25.1 Å². The van der Waals surface area contributed by atoms with Gasteiger partial charge in [-0.3, -0.25) is 4.79 Å². The normalized spacial score (nSPS) is 12.9. The van der Waals surface area contributed by atoms with Gasteiger partial charge < -0.3 is 15.2 Å². The molecule has 2 N–H and O–H groups in total. The molecule has 0 radical (unpaired) electrons. The van der Waals surface area contributed by atoms with E-state index >= 15 is 0 Å². The van der Waals surface area contributed by atoms with Gasteiger partial charge in [-0.1, -0.05) is 52.3 Å². The van der Waals surface area contributed by atoms with Crippen LogP contribution in [0.25, 0.3) is 0 Å². The Kier molecular flexibility index (Phi) is 6.37. The summed E-state index contributed by atoms with van der Waals surface area (Å²) >= 11 is 3.33. The topological polar surface area (TPSA) is 75.6 Å². The van der Waals surface area contributed by atoms with E-state index in [-0.39, 0.29) is 6.42 Å². The van der Waals surface area contributed by atoms with Gasteiger partial charge in [0.15, 0.2) is 6.10 Å². The van der Waals surface area contributed by atoms with Crippen LogP contribution in [0.2, 0.25) is 0 Å². The van der Waals surface area contributed by atoms with Crippen LogP contribution in [-0.4, -0.2) is 29.1 Å². The second-order valence-electron chi connectivity index (χ2n) is 5.31. The van der Waals surface area contributed by atoms with Crippen molar-refractivity contribution < 1.29 is 19.4 Å². The molecule has 2 aromatic rings. The van der Waals surface area contributed by atoms with E-state index in [2.05, 4.69) is 21.2 Å². The summed E-state index contributed by atoms with van der Waals surface area (Å²) in [5, 5.41) is 11.9. The summed E-state index contributed by atoms with van der Waals surface area (Å²) in [7, 11) is 0. The number of rotatable bonds is 7. The summed E-state index contributed by atoms with van der Waals surface area (Å²) in [4.78, 5) is 23.6. The monoisotopic (exact) mass is 391 g/mol. The van der Waals surface area contributed by atoms with Crippen molar-refractivity contribution in [2.45, 2.75) is 25.5 Å². The van der Waals surface area contributed by atoms with Crippen molar-refractivity contribution in [3.05, 3.63) is 64.6 Å². The molecule has 5 nitrogen and oxygen atoms in total. The van der Waals surface area contributed by atoms with E-state index in [0.717, 1.165) is 10.0 Å². The molecule has 0 spiro atoms. The van der Waals surface area contributed by atoms with Crippen molar-refractivity contribution in [2.75, 3.05) is 0 Å². The van der Waals surface area contributed by atoms with Crippen molar-refractivity contribution >= 4 is 27.8 Å². The Bertz CT molecular complexity index is 705. The maximum atomic E-state index is 12.2. The first kappa shape index (κ1) is 18.0. The fourth-order valence-corrected chi connectivity index (χ4v) is 2.52. The zero-order chi connectivity index (χ0) is 17.5. The quantitative estimate of drug-likeness (QED) is 0.760. The molecule has 0 aliphatic heterocycles. The zero-order valence-corrected chi connectivity index (χ0v) is 14.7. The molecular formula is C18H18BrNO4. The van der Waals surface area contributed by atoms with E-state index < -0.39 is 24.0 Å². The number of ether oxygens (including phenoxy) is 1. The van der Waals surface area contributed by atoms with Crippen molar-refractivity contribution in [3.8, 4) is 5.75 Å². The number of halogens is 1. The first-order valence-electron chi connectivity index (χ1n) is 7.45. The highest BCUT2D eigenvalue weighted by Gasteiger charge is 2.24. The summed E-state index contributed by atoms with van der Waals surface area (Å²) in [6, 6.07) is 15.3. The highest BCUT2D eigenvalue weighted by molar-refractivity contribution is 9.10. The van der Waals surface area contributed by atoms with Gasteiger partial charge in [-0.05, 0) is 30.7 Å². The lowest BCUT2D eigenvalue weighted by Gasteiger charge is -2.19. The van der Waals surface area contributed by atoms with E-state index in [4.69, 9.17) is 4.74 Å². The summed E-state index contributed by atoms with van der Waals surface area (Å²) in [5.41, 5.74) is 0.839. The third-order valence-corrected chi connectivity index (χ3v) is 3.87. The number of carboxylic acid groups (broad SMARTS) is 1. The number of carbonyl (C=O) groups excluding carboxylic acids is 1.